The van der Waals surface area contributed by atoms with Crippen LogP contribution in [0.15, 0.2) is 30.5 Å². The molecule has 1 heterocycles. The molecule has 15 heavy (non-hydrogen) atoms. The number of thiol groups is 1. The zero-order chi connectivity index (χ0) is 10.8. The van der Waals surface area contributed by atoms with Crippen LogP contribution in [0.5, 0.6) is 0 Å². The standard InChI is InChI=1S/C8H6N4O2S/c13-12(14)7-3-1-2-6(4-7)8-5-9-10-11(8)15/h1-5,15H. The topological polar surface area (TPSA) is 73.8 Å². The van der Waals surface area contributed by atoms with Crippen molar-refractivity contribution in [3.8, 4) is 11.3 Å². The highest BCUT2D eigenvalue weighted by Crippen LogP contribution is 2.22. The summed E-state index contributed by atoms with van der Waals surface area (Å²) in [5.74, 6) is 0. The van der Waals surface area contributed by atoms with Crippen molar-refractivity contribution in [2.45, 2.75) is 0 Å². The second-order valence-electron chi connectivity index (χ2n) is 2.82. The molecule has 0 aliphatic carbocycles. The number of hydrogen-bond donors (Lipinski definition) is 1. The molecule has 0 bridgehead atoms. The number of aromatic nitrogens is 3. The van der Waals surface area contributed by atoms with E-state index in [0.717, 1.165) is 0 Å². The lowest BCUT2D eigenvalue weighted by Gasteiger charge is -1.98. The number of hydrogen-bond acceptors (Lipinski definition) is 5. The lowest BCUT2D eigenvalue weighted by atomic mass is 10.1. The first-order chi connectivity index (χ1) is 7.18. The highest BCUT2D eigenvalue weighted by Gasteiger charge is 2.09. The van der Waals surface area contributed by atoms with Gasteiger partial charge < -0.3 is 0 Å². The number of non-ortho nitro benzene ring substituents is 1. The Balaban J connectivity index is 2.50. The minimum absolute atomic E-state index is 0.0297. The summed E-state index contributed by atoms with van der Waals surface area (Å²) in [6.07, 6.45) is 1.49. The van der Waals surface area contributed by atoms with E-state index in [1.165, 1.54) is 22.4 Å². The molecule has 6 nitrogen and oxygen atoms in total. The molecule has 76 valence electrons. The molecule has 1 aromatic carbocycles. The monoisotopic (exact) mass is 222 g/mol. The Hall–Kier alpha value is -1.89. The maximum absolute atomic E-state index is 10.6. The normalized spacial score (nSPS) is 10.2. The Morgan fingerprint density at radius 1 is 1.47 bits per heavy atom. The number of nitro benzene ring substituents is 1. The van der Waals surface area contributed by atoms with Crippen molar-refractivity contribution in [2.24, 2.45) is 0 Å². The molecule has 0 atom stereocenters. The molecule has 0 aliphatic rings. The van der Waals surface area contributed by atoms with Crippen LogP contribution in [0, 0.1) is 10.1 Å². The lowest BCUT2D eigenvalue weighted by Crippen LogP contribution is -1.90. The van der Waals surface area contributed by atoms with E-state index in [1.54, 1.807) is 12.1 Å². The summed E-state index contributed by atoms with van der Waals surface area (Å²) in [5.41, 5.74) is 1.30. The van der Waals surface area contributed by atoms with E-state index in [9.17, 15) is 10.1 Å². The predicted molar refractivity (Wildman–Crippen MR) is 56.5 cm³/mol. The van der Waals surface area contributed by atoms with Gasteiger partial charge in [-0.25, -0.2) is 0 Å². The highest BCUT2D eigenvalue weighted by atomic mass is 32.1. The van der Waals surface area contributed by atoms with Gasteiger partial charge in [0.05, 0.1) is 11.1 Å². The zero-order valence-electron chi connectivity index (χ0n) is 7.44. The molecule has 0 aliphatic heterocycles. The molecule has 7 heteroatoms. The van der Waals surface area contributed by atoms with Crippen LogP contribution in [-0.2, 0) is 0 Å². The van der Waals surface area contributed by atoms with Gasteiger partial charge in [-0.1, -0.05) is 17.3 Å². The molecular formula is C8H6N4O2S. The van der Waals surface area contributed by atoms with E-state index in [1.807, 2.05) is 0 Å². The van der Waals surface area contributed by atoms with E-state index >= 15 is 0 Å². The van der Waals surface area contributed by atoms with Crippen molar-refractivity contribution in [1.82, 2.24) is 14.4 Å². The smallest absolute Gasteiger partial charge is 0.258 e. The van der Waals surface area contributed by atoms with Gasteiger partial charge in [-0.05, 0) is 12.8 Å². The fraction of sp³-hybridized carbons (Fsp3) is 0. The van der Waals surface area contributed by atoms with E-state index in [0.29, 0.717) is 11.3 Å². The van der Waals surface area contributed by atoms with E-state index in [2.05, 4.69) is 23.1 Å². The van der Waals surface area contributed by atoms with Gasteiger partial charge in [-0.15, -0.1) is 5.10 Å². The van der Waals surface area contributed by atoms with E-state index < -0.39 is 4.92 Å². The quantitative estimate of drug-likeness (QED) is 0.475. The molecule has 1 aromatic heterocycles. The second kappa shape index (κ2) is 3.70. The Bertz CT molecular complexity index is 511. The van der Waals surface area contributed by atoms with Crippen LogP contribution in [0.3, 0.4) is 0 Å². The summed E-state index contributed by atoms with van der Waals surface area (Å²) in [5, 5.41) is 17.8. The fourth-order valence-electron chi connectivity index (χ4n) is 1.20. The number of benzene rings is 1. The summed E-state index contributed by atoms with van der Waals surface area (Å²) in [6, 6.07) is 6.22. The zero-order valence-corrected chi connectivity index (χ0v) is 8.33. The fourth-order valence-corrected chi connectivity index (χ4v) is 1.41. The van der Waals surface area contributed by atoms with Crippen LogP contribution >= 0.6 is 12.8 Å². The molecular weight excluding hydrogens is 216 g/mol. The molecule has 0 fully saturated rings. The third kappa shape index (κ3) is 1.82. The van der Waals surface area contributed by atoms with Gasteiger partial charge in [-0.2, -0.15) is 4.09 Å². The molecule has 0 spiro atoms. The van der Waals surface area contributed by atoms with Crippen LogP contribution in [0.2, 0.25) is 0 Å². The molecule has 0 radical (unpaired) electrons. The van der Waals surface area contributed by atoms with Crippen molar-refractivity contribution in [1.29, 1.82) is 0 Å². The van der Waals surface area contributed by atoms with E-state index in [-0.39, 0.29) is 5.69 Å². The first kappa shape index (κ1) is 9.66. The SMILES string of the molecule is O=[N+]([O-])c1cccc(-c2cnnn2S)c1. The Morgan fingerprint density at radius 3 is 2.87 bits per heavy atom. The predicted octanol–water partition coefficient (Wildman–Crippen LogP) is 1.55. The van der Waals surface area contributed by atoms with Crippen molar-refractivity contribution < 1.29 is 4.92 Å². The summed E-state index contributed by atoms with van der Waals surface area (Å²) >= 11 is 4.02. The van der Waals surface area contributed by atoms with Gasteiger partial charge >= 0.3 is 0 Å². The molecule has 0 saturated heterocycles. The molecule has 0 saturated carbocycles. The third-order valence-electron chi connectivity index (χ3n) is 1.88. The van der Waals surface area contributed by atoms with Gasteiger partial charge in [0, 0.05) is 17.7 Å². The first-order valence-electron chi connectivity index (χ1n) is 4.03. The van der Waals surface area contributed by atoms with Crippen LogP contribution in [-0.4, -0.2) is 19.3 Å². The van der Waals surface area contributed by atoms with Gasteiger partial charge in [0.1, 0.15) is 5.69 Å². The summed E-state index contributed by atoms with van der Waals surface area (Å²) in [7, 11) is 0. The van der Waals surface area contributed by atoms with Crippen molar-refractivity contribution in [3.63, 3.8) is 0 Å². The average molecular weight is 222 g/mol. The first-order valence-corrected chi connectivity index (χ1v) is 4.43. The van der Waals surface area contributed by atoms with E-state index in [4.69, 9.17) is 0 Å². The minimum atomic E-state index is -0.448. The average Bonchev–Trinajstić information content (AvgIpc) is 2.64. The van der Waals surface area contributed by atoms with Gasteiger partial charge in [0.25, 0.3) is 5.69 Å². The summed E-state index contributed by atoms with van der Waals surface area (Å²) < 4.78 is 1.26. The molecule has 0 unspecified atom stereocenters. The summed E-state index contributed by atoms with van der Waals surface area (Å²) in [6.45, 7) is 0. The summed E-state index contributed by atoms with van der Waals surface area (Å²) in [4.78, 5) is 10.1. The van der Waals surface area contributed by atoms with Crippen LogP contribution in [0.25, 0.3) is 11.3 Å². The maximum Gasteiger partial charge on any atom is 0.270 e. The number of nitro groups is 1. The van der Waals surface area contributed by atoms with Crippen LogP contribution in [0.4, 0.5) is 5.69 Å². The molecule has 0 N–H and O–H groups in total. The highest BCUT2D eigenvalue weighted by molar-refractivity contribution is 7.78. The maximum atomic E-state index is 10.6. The molecule has 2 rings (SSSR count). The largest absolute Gasteiger partial charge is 0.270 e. The lowest BCUT2D eigenvalue weighted by molar-refractivity contribution is -0.384. The Kier molecular flexibility index (Phi) is 2.38. The van der Waals surface area contributed by atoms with Gasteiger partial charge in [0.15, 0.2) is 0 Å². The van der Waals surface area contributed by atoms with Gasteiger partial charge in [0.2, 0.25) is 0 Å². The van der Waals surface area contributed by atoms with Crippen LogP contribution in [0.1, 0.15) is 0 Å². The number of rotatable bonds is 2. The second-order valence-corrected chi connectivity index (χ2v) is 3.20. The Labute approximate surface area is 90.2 Å². The molecule has 0 amide bonds. The molecule has 2 aromatic rings. The third-order valence-corrected chi connectivity index (χ3v) is 2.18. The van der Waals surface area contributed by atoms with Crippen molar-refractivity contribution in [3.05, 3.63) is 40.6 Å². The van der Waals surface area contributed by atoms with Crippen molar-refractivity contribution >= 4 is 18.5 Å². The van der Waals surface area contributed by atoms with Gasteiger partial charge in [-0.3, -0.25) is 10.1 Å². The van der Waals surface area contributed by atoms with Crippen LogP contribution < -0.4 is 0 Å². The van der Waals surface area contributed by atoms with Crippen molar-refractivity contribution in [2.75, 3.05) is 0 Å². The minimum Gasteiger partial charge on any atom is -0.258 e. The number of nitrogens with zero attached hydrogens (tertiary/aromatic N) is 4. The Morgan fingerprint density at radius 2 is 2.27 bits per heavy atom.